The van der Waals surface area contributed by atoms with Gasteiger partial charge in [-0.15, -0.1) is 0 Å². The fourth-order valence-corrected chi connectivity index (χ4v) is 8.08. The zero-order chi connectivity index (χ0) is 36.6. The van der Waals surface area contributed by atoms with Crippen LogP contribution >= 0.6 is 0 Å². The quantitative estimate of drug-likeness (QED) is 0.155. The summed E-state index contributed by atoms with van der Waals surface area (Å²) in [5, 5.41) is 7.47. The lowest BCUT2D eigenvalue weighted by Gasteiger charge is -2.27. The summed E-state index contributed by atoms with van der Waals surface area (Å²) in [5.74, 6) is 0. The fraction of sp³-hybridized carbons (Fsp3) is 0. The second kappa shape index (κ2) is 13.9. The van der Waals surface area contributed by atoms with Crippen LogP contribution in [0.3, 0.4) is 0 Å². The van der Waals surface area contributed by atoms with E-state index in [4.69, 9.17) is 9.97 Å². The van der Waals surface area contributed by atoms with Gasteiger partial charge in [-0.25, -0.2) is 0 Å². The number of nitrogens with zero attached hydrogens (tertiary/aromatic N) is 3. The first-order chi connectivity index (χ1) is 27.3. The Morgan fingerprint density at radius 1 is 0.309 bits per heavy atom. The lowest BCUT2D eigenvalue weighted by molar-refractivity contribution is 1.26. The first kappa shape index (κ1) is 32.3. The van der Waals surface area contributed by atoms with E-state index in [9.17, 15) is 0 Å². The van der Waals surface area contributed by atoms with Gasteiger partial charge >= 0.3 is 0 Å². The molecule has 258 valence electrons. The molecule has 2 heterocycles. The molecule has 3 heteroatoms. The molecule has 10 aromatic rings. The van der Waals surface area contributed by atoms with Gasteiger partial charge in [-0.1, -0.05) is 133 Å². The number of aromatic nitrogens is 2. The Morgan fingerprint density at radius 3 is 1.38 bits per heavy atom. The highest BCUT2D eigenvalue weighted by molar-refractivity contribution is 6.23. The molecule has 0 amide bonds. The average molecular weight is 702 g/mol. The van der Waals surface area contributed by atoms with Gasteiger partial charge in [0, 0.05) is 40.6 Å². The van der Waals surface area contributed by atoms with Crippen LogP contribution < -0.4 is 4.90 Å². The lowest BCUT2D eigenvalue weighted by atomic mass is 9.85. The third kappa shape index (κ3) is 5.89. The van der Waals surface area contributed by atoms with Crippen LogP contribution in [0.2, 0.25) is 0 Å². The Morgan fingerprint density at radius 2 is 0.800 bits per heavy atom. The van der Waals surface area contributed by atoms with Crippen molar-refractivity contribution in [3.63, 3.8) is 0 Å². The van der Waals surface area contributed by atoms with Gasteiger partial charge in [-0.3, -0.25) is 9.97 Å². The maximum Gasteiger partial charge on any atom is 0.0702 e. The summed E-state index contributed by atoms with van der Waals surface area (Å²) in [5.41, 5.74) is 12.0. The van der Waals surface area contributed by atoms with Gasteiger partial charge in [-0.2, -0.15) is 0 Å². The summed E-state index contributed by atoms with van der Waals surface area (Å²) in [6.45, 7) is 0. The van der Waals surface area contributed by atoms with Crippen molar-refractivity contribution in [1.29, 1.82) is 0 Å². The maximum absolute atomic E-state index is 4.73. The normalized spacial score (nSPS) is 11.3. The third-order valence-corrected chi connectivity index (χ3v) is 10.5. The summed E-state index contributed by atoms with van der Waals surface area (Å²) >= 11 is 0. The molecule has 8 aromatic carbocycles. The van der Waals surface area contributed by atoms with Crippen LogP contribution in [0.25, 0.3) is 77.1 Å². The summed E-state index contributed by atoms with van der Waals surface area (Å²) in [6, 6.07) is 71.4. The van der Waals surface area contributed by atoms with Crippen molar-refractivity contribution in [2.45, 2.75) is 0 Å². The molecule has 0 saturated heterocycles. The van der Waals surface area contributed by atoms with Crippen LogP contribution in [0.15, 0.2) is 213 Å². The van der Waals surface area contributed by atoms with Crippen LogP contribution in [-0.4, -0.2) is 9.97 Å². The van der Waals surface area contributed by atoms with Crippen molar-refractivity contribution in [3.8, 4) is 44.8 Å². The van der Waals surface area contributed by atoms with Gasteiger partial charge < -0.3 is 4.90 Å². The van der Waals surface area contributed by atoms with Crippen molar-refractivity contribution in [3.05, 3.63) is 213 Å². The summed E-state index contributed by atoms with van der Waals surface area (Å²) in [7, 11) is 0. The number of hydrogen-bond acceptors (Lipinski definition) is 3. The molecule has 10 rings (SSSR count). The van der Waals surface area contributed by atoms with Crippen LogP contribution in [0, 0.1) is 0 Å². The second-order valence-corrected chi connectivity index (χ2v) is 13.8. The van der Waals surface area contributed by atoms with E-state index in [1.54, 1.807) is 0 Å². The predicted molar refractivity (Wildman–Crippen MR) is 231 cm³/mol. The van der Waals surface area contributed by atoms with E-state index in [2.05, 4.69) is 181 Å². The van der Waals surface area contributed by atoms with Gasteiger partial charge in [0.1, 0.15) is 0 Å². The Labute approximate surface area is 320 Å². The molecule has 0 spiro atoms. The summed E-state index contributed by atoms with van der Waals surface area (Å²) in [4.78, 5) is 11.8. The standard InChI is InChI=1S/C52H35N3/c1-2-17-40(18-3-1)55(42-34-38(49-25-10-12-31-53-49)33-39(35-42)50-26-11-13-32-54-50)41-29-27-37(28-30-41)51-45-20-6-8-22-47(45)52(48-23-9-7-21-46(48)51)44-24-14-16-36-15-4-5-19-43(36)44/h1-35H. The Hall–Kier alpha value is -7.36. The average Bonchev–Trinajstić information content (AvgIpc) is 3.27. The number of pyridine rings is 2. The molecular formula is C52H35N3. The molecule has 2 aromatic heterocycles. The van der Waals surface area contributed by atoms with E-state index in [0.717, 1.165) is 39.6 Å². The first-order valence-electron chi connectivity index (χ1n) is 18.7. The minimum absolute atomic E-state index is 0.913. The van der Waals surface area contributed by atoms with Crippen LogP contribution in [0.5, 0.6) is 0 Å². The van der Waals surface area contributed by atoms with Crippen molar-refractivity contribution >= 4 is 49.4 Å². The highest BCUT2D eigenvalue weighted by Crippen LogP contribution is 2.46. The van der Waals surface area contributed by atoms with Gasteiger partial charge in [-0.05, 0) is 121 Å². The number of fused-ring (bicyclic) bond motifs is 3. The predicted octanol–water partition coefficient (Wildman–Crippen LogP) is 14.1. The molecule has 0 bridgehead atoms. The molecule has 0 unspecified atom stereocenters. The number of anilines is 3. The fourth-order valence-electron chi connectivity index (χ4n) is 8.08. The van der Waals surface area contributed by atoms with Gasteiger partial charge in [0.05, 0.1) is 11.4 Å². The van der Waals surface area contributed by atoms with E-state index in [0.29, 0.717) is 0 Å². The topological polar surface area (TPSA) is 29.0 Å². The SMILES string of the molecule is c1ccc(N(c2ccc(-c3c4ccccc4c(-c4cccc5ccccc45)c4ccccc34)cc2)c2cc(-c3ccccn3)cc(-c3ccccn3)c2)cc1. The molecule has 55 heavy (non-hydrogen) atoms. The summed E-state index contributed by atoms with van der Waals surface area (Å²) in [6.07, 6.45) is 3.69. The number of benzene rings is 8. The molecule has 0 aliphatic carbocycles. The van der Waals surface area contributed by atoms with Crippen molar-refractivity contribution in [2.75, 3.05) is 4.90 Å². The number of para-hydroxylation sites is 1. The number of rotatable bonds is 7. The molecule has 0 N–H and O–H groups in total. The van der Waals surface area contributed by atoms with Crippen molar-refractivity contribution in [1.82, 2.24) is 9.97 Å². The lowest BCUT2D eigenvalue weighted by Crippen LogP contribution is -2.10. The Kier molecular flexibility index (Phi) is 8.16. The smallest absolute Gasteiger partial charge is 0.0702 e. The van der Waals surface area contributed by atoms with Crippen LogP contribution in [0.1, 0.15) is 0 Å². The van der Waals surface area contributed by atoms with Gasteiger partial charge in [0.2, 0.25) is 0 Å². The van der Waals surface area contributed by atoms with E-state index in [-0.39, 0.29) is 0 Å². The number of hydrogen-bond donors (Lipinski definition) is 0. The monoisotopic (exact) mass is 701 g/mol. The molecule has 0 saturated carbocycles. The third-order valence-electron chi connectivity index (χ3n) is 10.5. The molecular weight excluding hydrogens is 667 g/mol. The minimum Gasteiger partial charge on any atom is -0.310 e. The maximum atomic E-state index is 4.73. The Bertz CT molecular complexity index is 2840. The summed E-state index contributed by atoms with van der Waals surface area (Å²) < 4.78 is 0. The van der Waals surface area contributed by atoms with E-state index < -0.39 is 0 Å². The van der Waals surface area contributed by atoms with Crippen LogP contribution in [0.4, 0.5) is 17.1 Å². The second-order valence-electron chi connectivity index (χ2n) is 13.8. The van der Waals surface area contributed by atoms with E-state index >= 15 is 0 Å². The zero-order valence-electron chi connectivity index (χ0n) is 30.0. The molecule has 0 aliphatic rings. The minimum atomic E-state index is 0.913. The van der Waals surface area contributed by atoms with Crippen molar-refractivity contribution in [2.24, 2.45) is 0 Å². The molecule has 0 aliphatic heterocycles. The molecule has 0 radical (unpaired) electrons. The first-order valence-corrected chi connectivity index (χ1v) is 18.7. The largest absolute Gasteiger partial charge is 0.310 e. The molecule has 3 nitrogen and oxygen atoms in total. The van der Waals surface area contributed by atoms with E-state index in [1.165, 1.54) is 54.6 Å². The van der Waals surface area contributed by atoms with Crippen LogP contribution in [-0.2, 0) is 0 Å². The van der Waals surface area contributed by atoms with Gasteiger partial charge in [0.25, 0.3) is 0 Å². The highest BCUT2D eigenvalue weighted by Gasteiger charge is 2.20. The van der Waals surface area contributed by atoms with E-state index in [1.807, 2.05) is 36.7 Å². The zero-order valence-corrected chi connectivity index (χ0v) is 30.0. The van der Waals surface area contributed by atoms with Gasteiger partial charge in [0.15, 0.2) is 0 Å². The van der Waals surface area contributed by atoms with Crippen molar-refractivity contribution < 1.29 is 0 Å². The highest BCUT2D eigenvalue weighted by atomic mass is 15.1. The Balaban J connectivity index is 1.16. The molecule has 0 atom stereocenters. The molecule has 0 fully saturated rings.